The Kier molecular flexibility index (Phi) is 5.09. The lowest BCUT2D eigenvalue weighted by Gasteiger charge is -2.39. The molecule has 2 aliphatic rings. The summed E-state index contributed by atoms with van der Waals surface area (Å²) in [6, 6.07) is 8.87. The van der Waals surface area contributed by atoms with Crippen LogP contribution in [0.3, 0.4) is 0 Å². The highest BCUT2D eigenvalue weighted by Crippen LogP contribution is 2.29. The maximum atomic E-state index is 12.3. The second-order valence-corrected chi connectivity index (χ2v) is 6.63. The number of anilines is 2. The number of benzene rings is 1. The summed E-state index contributed by atoms with van der Waals surface area (Å²) < 4.78 is 0. The van der Waals surface area contributed by atoms with Gasteiger partial charge >= 0.3 is 0 Å². The minimum atomic E-state index is 0.329. The molecule has 4 nitrogen and oxygen atoms in total. The van der Waals surface area contributed by atoms with Crippen LogP contribution in [-0.2, 0) is 4.79 Å². The minimum Gasteiger partial charge on any atom is -0.372 e. The molecule has 126 valence electrons. The molecular weight excluding hydrogens is 286 g/mol. The van der Waals surface area contributed by atoms with E-state index in [1.54, 1.807) is 0 Å². The maximum Gasteiger partial charge on any atom is 0.225 e. The third-order valence-corrected chi connectivity index (χ3v) is 5.39. The van der Waals surface area contributed by atoms with Crippen LogP contribution in [0.1, 0.15) is 33.1 Å². The van der Waals surface area contributed by atoms with Crippen molar-refractivity contribution in [3.63, 3.8) is 0 Å². The summed E-state index contributed by atoms with van der Waals surface area (Å²) in [6.45, 7) is 10.1. The van der Waals surface area contributed by atoms with E-state index in [-0.39, 0.29) is 0 Å². The molecule has 1 aromatic rings. The molecule has 23 heavy (non-hydrogen) atoms. The average Bonchev–Trinajstić information content (AvgIpc) is 2.55. The van der Waals surface area contributed by atoms with E-state index in [1.165, 1.54) is 17.8 Å². The second kappa shape index (κ2) is 7.24. The summed E-state index contributed by atoms with van der Waals surface area (Å²) in [6.07, 6.45) is 3.44. The standard InChI is InChI=1S/C19H29N3O/c1-3-20(4-2)17-8-10-18(11-9-17)21-12-14-22(15-13-21)19(23)16-6-5-7-16/h8-11,16H,3-7,12-15H2,1-2H3. The molecule has 0 N–H and O–H groups in total. The number of carbonyl (C=O) groups is 1. The first kappa shape index (κ1) is 16.2. The molecule has 1 aromatic carbocycles. The van der Waals surface area contributed by atoms with Crippen molar-refractivity contribution in [3.05, 3.63) is 24.3 Å². The first-order valence-corrected chi connectivity index (χ1v) is 9.11. The molecule has 4 heteroatoms. The lowest BCUT2D eigenvalue weighted by atomic mass is 9.84. The van der Waals surface area contributed by atoms with Crippen LogP contribution in [0.5, 0.6) is 0 Å². The Bertz CT molecular complexity index is 512. The highest BCUT2D eigenvalue weighted by molar-refractivity contribution is 5.80. The first-order valence-electron chi connectivity index (χ1n) is 9.11. The van der Waals surface area contributed by atoms with Crippen molar-refractivity contribution >= 4 is 17.3 Å². The summed E-state index contributed by atoms with van der Waals surface area (Å²) in [5.41, 5.74) is 2.56. The van der Waals surface area contributed by atoms with Gasteiger partial charge in [-0.15, -0.1) is 0 Å². The maximum absolute atomic E-state index is 12.3. The molecule has 1 saturated heterocycles. The van der Waals surface area contributed by atoms with Crippen molar-refractivity contribution < 1.29 is 4.79 Å². The molecule has 1 heterocycles. The van der Waals surface area contributed by atoms with Crippen molar-refractivity contribution in [1.82, 2.24) is 4.90 Å². The van der Waals surface area contributed by atoms with E-state index in [0.29, 0.717) is 11.8 Å². The number of piperazine rings is 1. The van der Waals surface area contributed by atoms with Gasteiger partial charge in [-0.2, -0.15) is 0 Å². The largest absolute Gasteiger partial charge is 0.372 e. The number of hydrogen-bond acceptors (Lipinski definition) is 3. The fourth-order valence-corrected chi connectivity index (χ4v) is 3.56. The van der Waals surface area contributed by atoms with Gasteiger partial charge in [0.15, 0.2) is 0 Å². The van der Waals surface area contributed by atoms with Crippen LogP contribution in [0.25, 0.3) is 0 Å². The number of carbonyl (C=O) groups excluding carboxylic acids is 1. The highest BCUT2D eigenvalue weighted by atomic mass is 16.2. The van der Waals surface area contributed by atoms with Gasteiger partial charge in [-0.3, -0.25) is 4.79 Å². The zero-order valence-corrected chi connectivity index (χ0v) is 14.5. The van der Waals surface area contributed by atoms with Gasteiger partial charge in [0, 0.05) is 56.6 Å². The molecule has 3 rings (SSSR count). The Morgan fingerprint density at radius 1 is 1.04 bits per heavy atom. The molecule has 0 aromatic heterocycles. The highest BCUT2D eigenvalue weighted by Gasteiger charge is 2.31. The number of rotatable bonds is 5. The van der Waals surface area contributed by atoms with Gasteiger partial charge in [0.1, 0.15) is 0 Å². The predicted octanol–water partition coefficient (Wildman–Crippen LogP) is 2.98. The van der Waals surface area contributed by atoms with Gasteiger partial charge in [-0.1, -0.05) is 6.42 Å². The molecule has 0 radical (unpaired) electrons. The number of nitrogens with zero attached hydrogens (tertiary/aromatic N) is 3. The lowest BCUT2D eigenvalue weighted by Crippen LogP contribution is -2.51. The lowest BCUT2D eigenvalue weighted by molar-refractivity contribution is -0.138. The second-order valence-electron chi connectivity index (χ2n) is 6.63. The predicted molar refractivity (Wildman–Crippen MR) is 96.1 cm³/mol. The monoisotopic (exact) mass is 315 g/mol. The summed E-state index contributed by atoms with van der Waals surface area (Å²) in [5, 5.41) is 0. The van der Waals surface area contributed by atoms with E-state index in [2.05, 4.69) is 52.8 Å². The van der Waals surface area contributed by atoms with E-state index in [9.17, 15) is 4.79 Å². The number of amides is 1. The molecule has 0 unspecified atom stereocenters. The third-order valence-electron chi connectivity index (χ3n) is 5.39. The Labute approximate surface area is 140 Å². The normalized spacial score (nSPS) is 18.7. The van der Waals surface area contributed by atoms with E-state index in [4.69, 9.17) is 0 Å². The van der Waals surface area contributed by atoms with Crippen molar-refractivity contribution in [1.29, 1.82) is 0 Å². The Hall–Kier alpha value is -1.71. The van der Waals surface area contributed by atoms with Crippen molar-refractivity contribution in [3.8, 4) is 0 Å². The first-order chi connectivity index (χ1) is 11.2. The Morgan fingerprint density at radius 3 is 2.13 bits per heavy atom. The molecule has 1 aliphatic carbocycles. The molecule has 0 atom stereocenters. The van der Waals surface area contributed by atoms with Gasteiger partial charge in [0.2, 0.25) is 5.91 Å². The van der Waals surface area contributed by atoms with Gasteiger partial charge < -0.3 is 14.7 Å². The molecule has 2 fully saturated rings. The van der Waals surface area contributed by atoms with Gasteiger partial charge in [-0.05, 0) is 51.0 Å². The third kappa shape index (κ3) is 3.46. The zero-order valence-electron chi connectivity index (χ0n) is 14.5. The molecule has 1 aliphatic heterocycles. The van der Waals surface area contributed by atoms with E-state index >= 15 is 0 Å². The average molecular weight is 315 g/mol. The molecular formula is C19H29N3O. The summed E-state index contributed by atoms with van der Waals surface area (Å²) in [4.78, 5) is 19.1. The SMILES string of the molecule is CCN(CC)c1ccc(N2CCN(C(=O)C3CCC3)CC2)cc1. The van der Waals surface area contributed by atoms with Crippen molar-refractivity contribution in [2.24, 2.45) is 5.92 Å². The molecule has 1 amide bonds. The fourth-order valence-electron chi connectivity index (χ4n) is 3.56. The van der Waals surface area contributed by atoms with Crippen LogP contribution in [-0.4, -0.2) is 50.1 Å². The van der Waals surface area contributed by atoms with Gasteiger partial charge in [0.25, 0.3) is 0 Å². The summed E-state index contributed by atoms with van der Waals surface area (Å²) in [7, 11) is 0. The quantitative estimate of drug-likeness (QED) is 0.836. The van der Waals surface area contributed by atoms with Gasteiger partial charge in [0.05, 0.1) is 0 Å². The molecule has 0 bridgehead atoms. The van der Waals surface area contributed by atoms with Crippen LogP contribution >= 0.6 is 0 Å². The van der Waals surface area contributed by atoms with Crippen molar-refractivity contribution in [2.75, 3.05) is 49.1 Å². The smallest absolute Gasteiger partial charge is 0.225 e. The van der Waals surface area contributed by atoms with Crippen LogP contribution in [0, 0.1) is 5.92 Å². The van der Waals surface area contributed by atoms with Crippen molar-refractivity contribution in [2.45, 2.75) is 33.1 Å². The molecule has 1 saturated carbocycles. The van der Waals surface area contributed by atoms with Crippen LogP contribution < -0.4 is 9.80 Å². The Morgan fingerprint density at radius 2 is 1.65 bits per heavy atom. The molecule has 0 spiro atoms. The number of hydrogen-bond donors (Lipinski definition) is 0. The van der Waals surface area contributed by atoms with Crippen LogP contribution in [0.2, 0.25) is 0 Å². The van der Waals surface area contributed by atoms with Crippen LogP contribution in [0.4, 0.5) is 11.4 Å². The minimum absolute atomic E-state index is 0.329. The summed E-state index contributed by atoms with van der Waals surface area (Å²) in [5.74, 6) is 0.725. The van der Waals surface area contributed by atoms with Gasteiger partial charge in [-0.25, -0.2) is 0 Å². The fraction of sp³-hybridized carbons (Fsp3) is 0.632. The van der Waals surface area contributed by atoms with Crippen LogP contribution in [0.15, 0.2) is 24.3 Å². The van der Waals surface area contributed by atoms with E-state index in [0.717, 1.165) is 52.1 Å². The summed E-state index contributed by atoms with van der Waals surface area (Å²) >= 11 is 0. The van der Waals surface area contributed by atoms with E-state index in [1.807, 2.05) is 0 Å². The Balaban J connectivity index is 1.56. The topological polar surface area (TPSA) is 26.8 Å². The van der Waals surface area contributed by atoms with E-state index < -0.39 is 0 Å². The zero-order chi connectivity index (χ0) is 16.2.